The number of nitrogens with zero attached hydrogens (tertiary/aromatic N) is 4. The number of fused-ring (bicyclic) bond motifs is 2. The van der Waals surface area contributed by atoms with Crippen LogP contribution < -0.4 is 10.0 Å². The maximum absolute atomic E-state index is 16.1. The fourth-order valence-corrected chi connectivity index (χ4v) is 5.20. The van der Waals surface area contributed by atoms with Crippen LogP contribution in [-0.2, 0) is 21.4 Å². The first kappa shape index (κ1) is 29.0. The van der Waals surface area contributed by atoms with Crippen molar-refractivity contribution in [3.8, 4) is 33.9 Å². The van der Waals surface area contributed by atoms with E-state index in [2.05, 4.69) is 35.2 Å². The Morgan fingerprint density at radius 1 is 1.00 bits per heavy atom. The summed E-state index contributed by atoms with van der Waals surface area (Å²) in [4.78, 5) is 28.5. The summed E-state index contributed by atoms with van der Waals surface area (Å²) in [5.41, 5.74) is 3.91. The summed E-state index contributed by atoms with van der Waals surface area (Å²) in [6.07, 6.45) is 5.41. The van der Waals surface area contributed by atoms with E-state index in [1.54, 1.807) is 44.2 Å². The molecule has 6 aromatic rings. The lowest BCUT2D eigenvalue weighted by Gasteiger charge is -2.09. The third kappa shape index (κ3) is 5.76. The largest absolute Gasteiger partial charge is 0.337 e. The first-order valence-electron chi connectivity index (χ1n) is 13.5. The van der Waals surface area contributed by atoms with Crippen LogP contribution in [0.3, 0.4) is 0 Å². The zero-order chi connectivity index (χ0) is 31.2. The third-order valence-corrected chi connectivity index (χ3v) is 7.56. The number of nitrogens with one attached hydrogen (secondary N) is 4. The van der Waals surface area contributed by atoms with Gasteiger partial charge in [-0.3, -0.25) is 19.9 Å². The van der Waals surface area contributed by atoms with Gasteiger partial charge in [0.2, 0.25) is 15.9 Å². The molecule has 0 aliphatic carbocycles. The molecule has 0 saturated carbocycles. The van der Waals surface area contributed by atoms with Crippen molar-refractivity contribution in [1.29, 1.82) is 0 Å². The molecule has 0 fully saturated rings. The molecule has 0 spiro atoms. The number of H-pyrrole nitrogens is 2. The van der Waals surface area contributed by atoms with Crippen molar-refractivity contribution in [2.75, 3.05) is 11.6 Å². The van der Waals surface area contributed by atoms with Crippen molar-refractivity contribution in [1.82, 2.24) is 34.9 Å². The number of sulfonamides is 1. The number of hydrogen-bond donors (Lipinski definition) is 4. The van der Waals surface area contributed by atoms with Crippen molar-refractivity contribution in [2.24, 2.45) is 5.92 Å². The number of imidazole rings is 1. The van der Waals surface area contributed by atoms with Gasteiger partial charge in [-0.25, -0.2) is 26.9 Å². The Balaban J connectivity index is 1.41. The molecule has 6 rings (SSSR count). The van der Waals surface area contributed by atoms with Gasteiger partial charge >= 0.3 is 0 Å². The smallest absolute Gasteiger partial charge is 0.226 e. The van der Waals surface area contributed by atoms with Crippen molar-refractivity contribution in [2.45, 2.75) is 20.4 Å². The standard InChI is InChI=1S/C30H26F2N8O3S/c1-15(2)30(41)36-20-10-18(12-33-13-20)26-25(32)24-23(14-34-26)39-40-28(24)29-37-22-6-4-5-21(27(22)38-29)17-7-16(8-19(31)9-17)11-35-44(3,42)43/h4-10,12-15,35H,11H2,1-3H3,(H,36,41)(H,37,38)(H,39,40). The zero-order valence-corrected chi connectivity index (χ0v) is 24.6. The van der Waals surface area contributed by atoms with E-state index < -0.39 is 21.7 Å². The molecule has 0 bridgehead atoms. The van der Waals surface area contributed by atoms with Crippen LogP contribution in [0.1, 0.15) is 19.4 Å². The molecule has 0 radical (unpaired) electrons. The fraction of sp³-hybridized carbons (Fsp3) is 0.167. The van der Waals surface area contributed by atoms with Gasteiger partial charge in [0.15, 0.2) is 11.6 Å². The summed E-state index contributed by atoms with van der Waals surface area (Å²) in [5, 5.41) is 10.0. The predicted octanol–water partition coefficient (Wildman–Crippen LogP) is 5.15. The van der Waals surface area contributed by atoms with Gasteiger partial charge in [-0.05, 0) is 41.5 Å². The van der Waals surface area contributed by atoms with Crippen molar-refractivity contribution >= 4 is 43.6 Å². The van der Waals surface area contributed by atoms with Gasteiger partial charge in [-0.1, -0.05) is 26.0 Å². The van der Waals surface area contributed by atoms with Crippen LogP contribution in [0.15, 0.2) is 61.1 Å². The molecule has 11 nitrogen and oxygen atoms in total. The normalized spacial score (nSPS) is 12.0. The Morgan fingerprint density at radius 3 is 2.59 bits per heavy atom. The van der Waals surface area contributed by atoms with Gasteiger partial charge in [0.25, 0.3) is 0 Å². The molecule has 0 aliphatic heterocycles. The number of para-hydroxylation sites is 1. The second-order valence-electron chi connectivity index (χ2n) is 10.6. The van der Waals surface area contributed by atoms with Crippen LogP contribution in [0.2, 0.25) is 0 Å². The first-order chi connectivity index (χ1) is 21.0. The lowest BCUT2D eigenvalue weighted by Crippen LogP contribution is -2.21. The number of carbonyl (C=O) groups excluding carboxylic acids is 1. The Hall–Kier alpha value is -5.08. The van der Waals surface area contributed by atoms with Gasteiger partial charge in [-0.2, -0.15) is 5.10 Å². The lowest BCUT2D eigenvalue weighted by atomic mass is 10.0. The molecule has 4 aromatic heterocycles. The maximum atomic E-state index is 16.1. The van der Waals surface area contributed by atoms with Crippen LogP contribution in [-0.4, -0.2) is 50.7 Å². The average molecular weight is 617 g/mol. The van der Waals surface area contributed by atoms with Crippen LogP contribution >= 0.6 is 0 Å². The summed E-state index contributed by atoms with van der Waals surface area (Å²) in [6, 6.07) is 11.2. The minimum atomic E-state index is -3.48. The number of benzene rings is 2. The van der Waals surface area contributed by atoms with Crippen LogP contribution in [0.25, 0.3) is 55.8 Å². The quantitative estimate of drug-likeness (QED) is 0.184. The minimum absolute atomic E-state index is 0.0140. The molecule has 224 valence electrons. The molecule has 0 atom stereocenters. The number of halogens is 2. The number of aromatic nitrogens is 6. The summed E-state index contributed by atoms with van der Waals surface area (Å²) < 4.78 is 56.2. The van der Waals surface area contributed by atoms with Crippen molar-refractivity contribution < 1.29 is 22.0 Å². The highest BCUT2D eigenvalue weighted by Crippen LogP contribution is 2.35. The van der Waals surface area contributed by atoms with E-state index >= 15 is 4.39 Å². The van der Waals surface area contributed by atoms with E-state index in [0.717, 1.165) is 6.26 Å². The number of hydrogen-bond acceptors (Lipinski definition) is 7. The topological polar surface area (TPSA) is 158 Å². The highest BCUT2D eigenvalue weighted by atomic mass is 32.2. The second-order valence-corrected chi connectivity index (χ2v) is 12.4. The van der Waals surface area contributed by atoms with E-state index in [0.29, 0.717) is 44.5 Å². The number of aromatic amines is 2. The molecule has 2 aromatic carbocycles. The molecular weight excluding hydrogens is 590 g/mol. The van der Waals surface area contributed by atoms with E-state index in [1.807, 2.05) is 0 Å². The monoisotopic (exact) mass is 616 g/mol. The third-order valence-electron chi connectivity index (χ3n) is 6.89. The molecule has 1 amide bonds. The van der Waals surface area contributed by atoms with Gasteiger partial charge in [0.1, 0.15) is 17.2 Å². The molecule has 44 heavy (non-hydrogen) atoms. The van der Waals surface area contributed by atoms with E-state index in [9.17, 15) is 17.6 Å². The summed E-state index contributed by atoms with van der Waals surface area (Å²) in [5.74, 6) is -1.38. The number of pyridine rings is 2. The number of amides is 1. The molecule has 4 N–H and O–H groups in total. The lowest BCUT2D eigenvalue weighted by molar-refractivity contribution is -0.118. The zero-order valence-electron chi connectivity index (χ0n) is 23.7. The van der Waals surface area contributed by atoms with E-state index in [-0.39, 0.29) is 41.0 Å². The summed E-state index contributed by atoms with van der Waals surface area (Å²) in [6.45, 7) is 3.44. The Bertz CT molecular complexity index is 2180. The fourth-order valence-electron chi connectivity index (χ4n) is 4.77. The van der Waals surface area contributed by atoms with Crippen LogP contribution in [0, 0.1) is 17.6 Å². The molecule has 14 heteroatoms. The Morgan fingerprint density at radius 2 is 1.82 bits per heavy atom. The number of carbonyl (C=O) groups is 1. The predicted molar refractivity (Wildman–Crippen MR) is 163 cm³/mol. The highest BCUT2D eigenvalue weighted by molar-refractivity contribution is 7.88. The SMILES string of the molecule is CC(C)C(=O)Nc1cncc(-c2ncc3[nH]nc(-c4nc5c(-c6cc(F)cc(CNS(C)(=O)=O)c6)cccc5[nH]4)c3c2F)c1. The Labute approximate surface area is 250 Å². The second kappa shape index (κ2) is 11.2. The first-order valence-corrected chi connectivity index (χ1v) is 15.4. The molecule has 0 saturated heterocycles. The van der Waals surface area contributed by atoms with Gasteiger partial charge < -0.3 is 10.3 Å². The summed E-state index contributed by atoms with van der Waals surface area (Å²) >= 11 is 0. The Kier molecular flexibility index (Phi) is 7.39. The molecule has 4 heterocycles. The van der Waals surface area contributed by atoms with Crippen LogP contribution in [0.5, 0.6) is 0 Å². The highest BCUT2D eigenvalue weighted by Gasteiger charge is 2.22. The van der Waals surface area contributed by atoms with E-state index in [4.69, 9.17) is 4.98 Å². The van der Waals surface area contributed by atoms with E-state index in [1.165, 1.54) is 30.7 Å². The van der Waals surface area contributed by atoms with Crippen molar-refractivity contribution in [3.63, 3.8) is 0 Å². The minimum Gasteiger partial charge on any atom is -0.337 e. The van der Waals surface area contributed by atoms with Crippen molar-refractivity contribution in [3.05, 3.63) is 78.3 Å². The summed E-state index contributed by atoms with van der Waals surface area (Å²) in [7, 11) is -3.48. The maximum Gasteiger partial charge on any atom is 0.226 e. The number of anilines is 1. The average Bonchev–Trinajstić information content (AvgIpc) is 3.60. The number of rotatable bonds is 8. The van der Waals surface area contributed by atoms with Gasteiger partial charge in [0.05, 0.1) is 46.3 Å². The van der Waals surface area contributed by atoms with Gasteiger partial charge in [-0.15, -0.1) is 0 Å². The molecule has 0 unspecified atom stereocenters. The van der Waals surface area contributed by atoms with Gasteiger partial charge in [0, 0.05) is 29.8 Å². The molecular formula is C30H26F2N8O3S. The van der Waals surface area contributed by atoms with Crippen LogP contribution in [0.4, 0.5) is 14.5 Å². The molecule has 0 aliphatic rings.